The third kappa shape index (κ3) is 5.80. The molecule has 1 aromatic carbocycles. The first kappa shape index (κ1) is 14.7. The van der Waals surface area contributed by atoms with Gasteiger partial charge >= 0.3 is 5.97 Å². The molecule has 100 valence electrons. The summed E-state index contributed by atoms with van der Waals surface area (Å²) in [4.78, 5) is 10.7. The van der Waals surface area contributed by atoms with E-state index >= 15 is 0 Å². The Morgan fingerprint density at radius 2 is 2.00 bits per heavy atom. The van der Waals surface area contributed by atoms with Gasteiger partial charge in [-0.05, 0) is 24.1 Å². The molecule has 0 amide bonds. The molecule has 4 nitrogen and oxygen atoms in total. The number of hydrogen-bond donors (Lipinski definition) is 2. The number of ether oxygens (including phenoxy) is 1. The molecule has 0 bridgehead atoms. The molecule has 0 spiro atoms. The Labute approximate surface area is 108 Å². The Bertz CT molecular complexity index is 366. The van der Waals surface area contributed by atoms with E-state index in [0.29, 0.717) is 13.2 Å². The van der Waals surface area contributed by atoms with E-state index < -0.39 is 5.97 Å². The maximum absolute atomic E-state index is 10.7. The van der Waals surface area contributed by atoms with E-state index in [1.807, 2.05) is 24.3 Å². The first-order valence-electron chi connectivity index (χ1n) is 6.31. The number of rotatable bonds is 9. The average molecular weight is 251 g/mol. The van der Waals surface area contributed by atoms with Crippen molar-refractivity contribution in [3.8, 4) is 0 Å². The second-order valence-corrected chi connectivity index (χ2v) is 4.14. The fourth-order valence-electron chi connectivity index (χ4n) is 1.66. The van der Waals surface area contributed by atoms with E-state index in [1.165, 1.54) is 0 Å². The van der Waals surface area contributed by atoms with Crippen LogP contribution in [0, 0.1) is 0 Å². The number of carboxylic acid groups (broad SMARTS) is 1. The standard InChI is InChI=1S/C14H21NO3/c1-2-7-15-8-9-18-11-13-6-4-3-5-12(13)10-14(16)17/h3-6,15H,2,7-11H2,1H3,(H,16,17). The van der Waals surface area contributed by atoms with Crippen LogP contribution in [0.15, 0.2) is 24.3 Å². The SMILES string of the molecule is CCCNCCOCc1ccccc1CC(=O)O. The zero-order valence-electron chi connectivity index (χ0n) is 10.8. The van der Waals surface area contributed by atoms with E-state index in [4.69, 9.17) is 9.84 Å². The molecule has 0 saturated heterocycles. The summed E-state index contributed by atoms with van der Waals surface area (Å²) in [5, 5.41) is 12.1. The highest BCUT2D eigenvalue weighted by Crippen LogP contribution is 2.10. The van der Waals surface area contributed by atoms with Gasteiger partial charge in [0, 0.05) is 6.54 Å². The Balaban J connectivity index is 2.34. The highest BCUT2D eigenvalue weighted by Gasteiger charge is 2.05. The highest BCUT2D eigenvalue weighted by atomic mass is 16.5. The third-order valence-electron chi connectivity index (χ3n) is 2.57. The number of hydrogen-bond acceptors (Lipinski definition) is 3. The van der Waals surface area contributed by atoms with Gasteiger partial charge in [0.2, 0.25) is 0 Å². The lowest BCUT2D eigenvalue weighted by Gasteiger charge is -2.09. The smallest absolute Gasteiger partial charge is 0.307 e. The van der Waals surface area contributed by atoms with Crippen molar-refractivity contribution in [1.29, 1.82) is 0 Å². The van der Waals surface area contributed by atoms with E-state index in [0.717, 1.165) is 30.6 Å². The number of benzene rings is 1. The lowest BCUT2D eigenvalue weighted by molar-refractivity contribution is -0.136. The van der Waals surface area contributed by atoms with Crippen molar-refractivity contribution in [2.75, 3.05) is 19.7 Å². The van der Waals surface area contributed by atoms with Gasteiger partial charge in [-0.3, -0.25) is 4.79 Å². The Morgan fingerprint density at radius 1 is 1.28 bits per heavy atom. The minimum absolute atomic E-state index is 0.0492. The van der Waals surface area contributed by atoms with Gasteiger partial charge in [-0.1, -0.05) is 31.2 Å². The molecule has 0 unspecified atom stereocenters. The van der Waals surface area contributed by atoms with Crippen molar-refractivity contribution < 1.29 is 14.6 Å². The fourth-order valence-corrected chi connectivity index (χ4v) is 1.66. The molecule has 0 fully saturated rings. The number of aliphatic carboxylic acids is 1. The molecule has 1 rings (SSSR count). The maximum Gasteiger partial charge on any atom is 0.307 e. The second-order valence-electron chi connectivity index (χ2n) is 4.14. The average Bonchev–Trinajstić information content (AvgIpc) is 2.35. The molecule has 2 N–H and O–H groups in total. The van der Waals surface area contributed by atoms with E-state index in [1.54, 1.807) is 0 Å². The molecule has 0 radical (unpaired) electrons. The summed E-state index contributed by atoms with van der Waals surface area (Å²) >= 11 is 0. The van der Waals surface area contributed by atoms with Gasteiger partial charge in [-0.15, -0.1) is 0 Å². The monoisotopic (exact) mass is 251 g/mol. The minimum Gasteiger partial charge on any atom is -0.481 e. The molecule has 4 heteroatoms. The molecule has 0 atom stereocenters. The summed E-state index contributed by atoms with van der Waals surface area (Å²) < 4.78 is 5.53. The summed E-state index contributed by atoms with van der Waals surface area (Å²) in [6, 6.07) is 7.50. The van der Waals surface area contributed by atoms with Crippen molar-refractivity contribution >= 4 is 5.97 Å². The van der Waals surface area contributed by atoms with Gasteiger partial charge < -0.3 is 15.2 Å². The van der Waals surface area contributed by atoms with Crippen molar-refractivity contribution in [3.63, 3.8) is 0 Å². The Morgan fingerprint density at radius 3 is 2.67 bits per heavy atom. The molecule has 0 aromatic heterocycles. The van der Waals surface area contributed by atoms with E-state index in [9.17, 15) is 4.79 Å². The topological polar surface area (TPSA) is 58.6 Å². The van der Waals surface area contributed by atoms with Crippen LogP contribution in [0.5, 0.6) is 0 Å². The van der Waals surface area contributed by atoms with Gasteiger partial charge in [0.15, 0.2) is 0 Å². The summed E-state index contributed by atoms with van der Waals surface area (Å²) in [6.07, 6.45) is 1.16. The zero-order chi connectivity index (χ0) is 13.2. The predicted octanol–water partition coefficient (Wildman–Crippen LogP) is 1.83. The second kappa shape index (κ2) is 8.66. The predicted molar refractivity (Wildman–Crippen MR) is 70.6 cm³/mol. The molecule has 0 aliphatic carbocycles. The first-order valence-corrected chi connectivity index (χ1v) is 6.31. The molecule has 0 saturated carbocycles. The van der Waals surface area contributed by atoms with Gasteiger partial charge in [-0.25, -0.2) is 0 Å². The van der Waals surface area contributed by atoms with Crippen molar-refractivity contribution in [3.05, 3.63) is 35.4 Å². The summed E-state index contributed by atoms with van der Waals surface area (Å²) in [7, 11) is 0. The molecular weight excluding hydrogens is 230 g/mol. The Kier molecular flexibility index (Phi) is 7.06. The normalized spacial score (nSPS) is 10.5. The van der Waals surface area contributed by atoms with Crippen LogP contribution in [0.1, 0.15) is 24.5 Å². The van der Waals surface area contributed by atoms with Crippen LogP contribution in [0.25, 0.3) is 0 Å². The van der Waals surface area contributed by atoms with Crippen LogP contribution in [0.2, 0.25) is 0 Å². The van der Waals surface area contributed by atoms with Crippen molar-refractivity contribution in [1.82, 2.24) is 5.32 Å². The molecule has 0 aliphatic rings. The highest BCUT2D eigenvalue weighted by molar-refractivity contribution is 5.70. The number of carboxylic acids is 1. The molecule has 0 heterocycles. The zero-order valence-corrected chi connectivity index (χ0v) is 10.8. The molecular formula is C14H21NO3. The van der Waals surface area contributed by atoms with Crippen LogP contribution in [0.3, 0.4) is 0 Å². The molecule has 18 heavy (non-hydrogen) atoms. The van der Waals surface area contributed by atoms with Gasteiger partial charge in [0.1, 0.15) is 0 Å². The minimum atomic E-state index is -0.813. The van der Waals surface area contributed by atoms with Crippen LogP contribution in [-0.2, 0) is 22.6 Å². The van der Waals surface area contributed by atoms with Crippen LogP contribution in [-0.4, -0.2) is 30.8 Å². The van der Waals surface area contributed by atoms with Crippen LogP contribution >= 0.6 is 0 Å². The van der Waals surface area contributed by atoms with E-state index in [2.05, 4.69) is 12.2 Å². The first-order chi connectivity index (χ1) is 8.74. The van der Waals surface area contributed by atoms with Crippen LogP contribution in [0.4, 0.5) is 0 Å². The van der Waals surface area contributed by atoms with Gasteiger partial charge in [0.25, 0.3) is 0 Å². The van der Waals surface area contributed by atoms with Gasteiger partial charge in [0.05, 0.1) is 19.6 Å². The summed E-state index contributed by atoms with van der Waals surface area (Å²) in [5.41, 5.74) is 1.78. The van der Waals surface area contributed by atoms with E-state index in [-0.39, 0.29) is 6.42 Å². The van der Waals surface area contributed by atoms with Gasteiger partial charge in [-0.2, -0.15) is 0 Å². The van der Waals surface area contributed by atoms with Crippen molar-refractivity contribution in [2.24, 2.45) is 0 Å². The summed E-state index contributed by atoms with van der Waals surface area (Å²) in [5.74, 6) is -0.813. The van der Waals surface area contributed by atoms with Crippen LogP contribution < -0.4 is 5.32 Å². The largest absolute Gasteiger partial charge is 0.481 e. The lowest BCUT2D eigenvalue weighted by Crippen LogP contribution is -2.20. The van der Waals surface area contributed by atoms with Crippen molar-refractivity contribution in [2.45, 2.75) is 26.4 Å². The molecule has 1 aromatic rings. The fraction of sp³-hybridized carbons (Fsp3) is 0.500. The molecule has 0 aliphatic heterocycles. The lowest BCUT2D eigenvalue weighted by atomic mass is 10.1. The quantitative estimate of drug-likeness (QED) is 0.657. The number of carbonyl (C=O) groups is 1. The third-order valence-corrected chi connectivity index (χ3v) is 2.57. The Hall–Kier alpha value is -1.39. The maximum atomic E-state index is 10.7. The summed E-state index contributed by atoms with van der Waals surface area (Å²) in [6.45, 7) is 5.06. The number of nitrogens with one attached hydrogen (secondary N) is 1.